The van der Waals surface area contributed by atoms with Crippen molar-refractivity contribution >= 4 is 53.8 Å². The third-order valence-corrected chi connectivity index (χ3v) is 6.39. The summed E-state index contributed by atoms with van der Waals surface area (Å²) in [5, 5.41) is 0. The van der Waals surface area contributed by atoms with E-state index in [1.165, 1.54) is 0 Å². The van der Waals surface area contributed by atoms with Crippen molar-refractivity contribution in [3.05, 3.63) is 43.0 Å². The number of carbonyl (C=O) groups excluding carboxylic acids is 1. The molecule has 3 nitrogen and oxygen atoms in total. The lowest BCUT2D eigenvalue weighted by atomic mass is 10.2. The Labute approximate surface area is 150 Å². The molecule has 1 rings (SSSR count). The number of unbranched alkanes of at least 4 members (excludes halogenated alkanes) is 1. The van der Waals surface area contributed by atoms with E-state index in [1.54, 1.807) is 0 Å². The molecule has 1 atom stereocenters. The van der Waals surface area contributed by atoms with Gasteiger partial charge in [-0.3, -0.25) is 0 Å². The van der Waals surface area contributed by atoms with Gasteiger partial charge in [-0.15, -0.1) is 0 Å². The number of rotatable bonds is 9. The molecule has 0 N–H and O–H groups in total. The number of para-hydroxylation sites is 1. The Bertz CT molecular complexity index is 449. The van der Waals surface area contributed by atoms with Gasteiger partial charge in [-0.25, -0.2) is 4.79 Å². The number of hydrogen-bond donors (Lipinski definition) is 0. The highest BCUT2D eigenvalue weighted by Crippen LogP contribution is 2.38. The molecule has 0 aliphatic rings. The molecule has 1 aromatic rings. The zero-order chi connectivity index (χ0) is 15.7. The zero-order valence-corrected chi connectivity index (χ0v) is 16.2. The third kappa shape index (κ3) is 7.47. The van der Waals surface area contributed by atoms with Crippen LogP contribution in [0.25, 0.3) is 0 Å². The first-order valence-corrected chi connectivity index (χ1v) is 9.01. The van der Waals surface area contributed by atoms with Crippen molar-refractivity contribution in [1.29, 1.82) is 0 Å². The number of esters is 1. The summed E-state index contributed by atoms with van der Waals surface area (Å²) in [5.41, 5.74) is 0. The summed E-state index contributed by atoms with van der Waals surface area (Å²) in [6.07, 6.45) is 3.81. The maximum absolute atomic E-state index is 11.2. The zero-order valence-electron chi connectivity index (χ0n) is 11.4. The van der Waals surface area contributed by atoms with Gasteiger partial charge in [0.15, 0.2) is 0 Å². The molecule has 0 aromatic heterocycles. The van der Waals surface area contributed by atoms with Crippen molar-refractivity contribution in [1.82, 2.24) is 0 Å². The fourth-order valence-corrected chi connectivity index (χ4v) is 2.73. The summed E-state index contributed by atoms with van der Waals surface area (Å²) in [5.74, 6) is 0.392. The highest BCUT2D eigenvalue weighted by atomic mass is 79.9. The van der Waals surface area contributed by atoms with Crippen molar-refractivity contribution in [3.63, 3.8) is 0 Å². The van der Waals surface area contributed by atoms with Crippen molar-refractivity contribution in [2.24, 2.45) is 0 Å². The molecule has 0 bridgehead atoms. The Morgan fingerprint density at radius 2 is 1.95 bits per heavy atom. The van der Waals surface area contributed by atoms with Gasteiger partial charge in [0.05, 0.1) is 11.4 Å². The minimum Gasteiger partial charge on any atom is -0.494 e. The highest BCUT2D eigenvalue weighted by Gasteiger charge is 2.35. The second-order valence-corrected chi connectivity index (χ2v) is 8.84. The second kappa shape index (κ2) is 9.64. The smallest absolute Gasteiger partial charge is 0.332 e. The molecule has 6 heteroatoms. The first-order valence-electron chi connectivity index (χ1n) is 6.51. The molecule has 1 aromatic carbocycles. The molecule has 1 unspecified atom stereocenters. The van der Waals surface area contributed by atoms with Gasteiger partial charge in [-0.1, -0.05) is 40.7 Å². The average molecular weight is 485 g/mol. The fraction of sp³-hybridized carbons (Fsp3) is 0.400. The van der Waals surface area contributed by atoms with Gasteiger partial charge < -0.3 is 9.47 Å². The third-order valence-electron chi connectivity index (χ3n) is 2.63. The predicted octanol–water partition coefficient (Wildman–Crippen LogP) is 5.17. The van der Waals surface area contributed by atoms with Crippen LogP contribution in [0.3, 0.4) is 0 Å². The average Bonchev–Trinajstić information content (AvgIpc) is 2.47. The van der Waals surface area contributed by atoms with Gasteiger partial charge in [0.1, 0.15) is 5.75 Å². The number of hydrogen-bond acceptors (Lipinski definition) is 3. The monoisotopic (exact) mass is 482 g/mol. The van der Waals surface area contributed by atoms with E-state index >= 15 is 0 Å². The van der Waals surface area contributed by atoms with Crippen LogP contribution >= 0.6 is 47.8 Å². The van der Waals surface area contributed by atoms with E-state index in [9.17, 15) is 4.79 Å². The Balaban J connectivity index is 2.22. The summed E-state index contributed by atoms with van der Waals surface area (Å²) in [7, 11) is 0. The molecule has 0 aliphatic carbocycles. The summed E-state index contributed by atoms with van der Waals surface area (Å²) < 4.78 is 9.87. The Kier molecular flexibility index (Phi) is 8.59. The lowest BCUT2D eigenvalue weighted by Gasteiger charge is -2.25. The molecule has 116 valence electrons. The van der Waals surface area contributed by atoms with Crippen LogP contribution in [0.4, 0.5) is 0 Å². The van der Waals surface area contributed by atoms with E-state index in [-0.39, 0.29) is 4.83 Å². The molecular formula is C15H17Br3O3. The van der Waals surface area contributed by atoms with E-state index < -0.39 is 9.39 Å². The SMILES string of the molecule is C=CC(=O)OC(Br)(Br)C(Br)CCCCOc1ccccc1. The Hall–Kier alpha value is -0.330. The Morgan fingerprint density at radius 3 is 2.57 bits per heavy atom. The van der Waals surface area contributed by atoms with Crippen molar-refractivity contribution in [2.75, 3.05) is 6.61 Å². The minimum atomic E-state index is -0.925. The maximum Gasteiger partial charge on any atom is 0.332 e. The molecule has 0 fully saturated rings. The van der Waals surface area contributed by atoms with Gasteiger partial charge >= 0.3 is 5.97 Å². The van der Waals surface area contributed by atoms with Crippen LogP contribution in [0.2, 0.25) is 0 Å². The van der Waals surface area contributed by atoms with Crippen molar-refractivity contribution in [3.8, 4) is 5.75 Å². The van der Waals surface area contributed by atoms with Crippen molar-refractivity contribution < 1.29 is 14.3 Å². The molecule has 0 spiro atoms. The summed E-state index contributed by atoms with van der Waals surface area (Å²) >= 11 is 10.2. The highest BCUT2D eigenvalue weighted by molar-refractivity contribution is 9.26. The molecule has 0 aliphatic heterocycles. The summed E-state index contributed by atoms with van der Waals surface area (Å²) in [4.78, 5) is 11.2. The van der Waals surface area contributed by atoms with E-state index in [2.05, 4.69) is 54.4 Å². The number of alkyl halides is 3. The molecule has 21 heavy (non-hydrogen) atoms. The van der Waals surface area contributed by atoms with Crippen LogP contribution in [0.1, 0.15) is 19.3 Å². The van der Waals surface area contributed by atoms with Gasteiger partial charge in [-0.2, -0.15) is 0 Å². The van der Waals surface area contributed by atoms with E-state index in [0.717, 1.165) is 31.1 Å². The number of ether oxygens (including phenoxy) is 2. The molecule has 0 radical (unpaired) electrons. The van der Waals surface area contributed by atoms with Gasteiger partial charge in [0.25, 0.3) is 0 Å². The quantitative estimate of drug-likeness (QED) is 0.210. The van der Waals surface area contributed by atoms with E-state index in [1.807, 2.05) is 30.3 Å². The van der Waals surface area contributed by atoms with Crippen molar-refractivity contribution in [2.45, 2.75) is 27.5 Å². The van der Waals surface area contributed by atoms with Gasteiger partial charge in [0.2, 0.25) is 3.42 Å². The number of carbonyl (C=O) groups is 1. The fourth-order valence-electron chi connectivity index (χ4n) is 1.54. The molecule has 0 saturated carbocycles. The largest absolute Gasteiger partial charge is 0.494 e. The summed E-state index contributed by atoms with van der Waals surface area (Å²) in [6, 6.07) is 9.72. The van der Waals surface area contributed by atoms with Crippen LogP contribution in [0.15, 0.2) is 43.0 Å². The van der Waals surface area contributed by atoms with E-state index in [0.29, 0.717) is 6.61 Å². The lowest BCUT2D eigenvalue weighted by Crippen LogP contribution is -2.30. The first kappa shape index (κ1) is 18.7. The lowest BCUT2D eigenvalue weighted by molar-refractivity contribution is -0.140. The summed E-state index contributed by atoms with van der Waals surface area (Å²) in [6.45, 7) is 4.03. The molecule has 0 heterocycles. The molecular weight excluding hydrogens is 468 g/mol. The molecule has 0 saturated heterocycles. The Morgan fingerprint density at radius 1 is 1.29 bits per heavy atom. The minimum absolute atomic E-state index is 0.0642. The number of halogens is 3. The van der Waals surface area contributed by atoms with Crippen LogP contribution in [0.5, 0.6) is 5.75 Å². The predicted molar refractivity (Wildman–Crippen MR) is 95.4 cm³/mol. The normalized spacial score (nSPS) is 12.5. The van der Waals surface area contributed by atoms with Crippen LogP contribution < -0.4 is 4.74 Å². The number of benzene rings is 1. The van der Waals surface area contributed by atoms with E-state index in [4.69, 9.17) is 9.47 Å². The van der Waals surface area contributed by atoms with Gasteiger partial charge in [0, 0.05) is 6.08 Å². The second-order valence-electron chi connectivity index (χ2n) is 4.31. The van der Waals surface area contributed by atoms with Crippen LogP contribution in [0, 0.1) is 0 Å². The first-order chi connectivity index (χ1) is 9.95. The molecule has 0 amide bonds. The maximum atomic E-state index is 11.2. The van der Waals surface area contributed by atoms with Crippen LogP contribution in [-0.2, 0) is 9.53 Å². The van der Waals surface area contributed by atoms with Gasteiger partial charge in [-0.05, 0) is 63.3 Å². The van der Waals surface area contributed by atoms with Crippen LogP contribution in [-0.4, -0.2) is 20.8 Å². The topological polar surface area (TPSA) is 35.5 Å². The standard InChI is InChI=1S/C15H17Br3O3/c1-2-14(19)21-15(17,18)13(16)10-6-7-11-20-12-8-4-3-5-9-12/h2-5,8-9,13H,1,6-7,10-11H2.